The average molecular weight is 213 g/mol. The van der Waals surface area contributed by atoms with Gasteiger partial charge < -0.3 is 9.84 Å². The fraction of sp³-hybridized carbons (Fsp3) is 0.455. The van der Waals surface area contributed by atoms with Gasteiger partial charge in [-0.15, -0.1) is 0 Å². The highest BCUT2D eigenvalue weighted by Gasteiger charge is 2.21. The molecular weight excluding hydrogens is 200 g/mol. The van der Waals surface area contributed by atoms with E-state index in [-0.39, 0.29) is 0 Å². The predicted molar refractivity (Wildman–Crippen MR) is 55.9 cm³/mol. The minimum Gasteiger partial charge on any atom is -0.492 e. The van der Waals surface area contributed by atoms with Crippen LogP contribution in [0, 0.1) is 6.92 Å². The smallest absolute Gasteiger partial charge is 0.143 e. The Balaban J connectivity index is 2.57. The summed E-state index contributed by atoms with van der Waals surface area (Å²) in [5, 5.41) is 10.5. The number of halogens is 1. The van der Waals surface area contributed by atoms with Crippen molar-refractivity contribution in [3.63, 3.8) is 0 Å². The zero-order valence-corrected chi connectivity index (χ0v) is 8.84. The Kier molecular flexibility index (Phi) is 2.66. The fourth-order valence-corrected chi connectivity index (χ4v) is 2.05. The summed E-state index contributed by atoms with van der Waals surface area (Å²) >= 11 is 6.02. The molecule has 3 heteroatoms. The molecule has 0 aromatic heterocycles. The van der Waals surface area contributed by atoms with Gasteiger partial charge in [-0.05, 0) is 31.4 Å². The van der Waals surface area contributed by atoms with Crippen LogP contribution in [0.3, 0.4) is 0 Å². The molecule has 0 unspecified atom stereocenters. The molecule has 1 atom stereocenters. The summed E-state index contributed by atoms with van der Waals surface area (Å²) in [7, 11) is 0. The number of fused-ring (bicyclic) bond motifs is 1. The van der Waals surface area contributed by atoms with Crippen molar-refractivity contribution >= 4 is 11.6 Å². The van der Waals surface area contributed by atoms with Crippen molar-refractivity contribution in [3.05, 3.63) is 28.3 Å². The van der Waals surface area contributed by atoms with Gasteiger partial charge in [0.05, 0.1) is 17.7 Å². The van der Waals surface area contributed by atoms with E-state index in [9.17, 15) is 5.11 Å². The molecule has 0 amide bonds. The molecule has 1 aliphatic rings. The number of benzene rings is 1. The molecule has 0 spiro atoms. The first kappa shape index (κ1) is 9.81. The van der Waals surface area contributed by atoms with Crippen molar-refractivity contribution in [2.45, 2.75) is 25.9 Å². The zero-order chi connectivity index (χ0) is 10.1. The van der Waals surface area contributed by atoms with Crippen LogP contribution in [0.5, 0.6) is 5.75 Å². The van der Waals surface area contributed by atoms with E-state index in [1.165, 1.54) is 0 Å². The van der Waals surface area contributed by atoms with Crippen LogP contribution in [0.2, 0.25) is 5.02 Å². The van der Waals surface area contributed by atoms with Crippen LogP contribution in [0.25, 0.3) is 0 Å². The molecule has 2 rings (SSSR count). The molecule has 1 aromatic rings. The fourth-order valence-electron chi connectivity index (χ4n) is 1.83. The van der Waals surface area contributed by atoms with E-state index in [4.69, 9.17) is 16.3 Å². The van der Waals surface area contributed by atoms with Crippen molar-refractivity contribution in [1.82, 2.24) is 0 Å². The second-order valence-electron chi connectivity index (χ2n) is 3.61. The third kappa shape index (κ3) is 1.60. The van der Waals surface area contributed by atoms with Crippen LogP contribution in [-0.4, -0.2) is 11.7 Å². The van der Waals surface area contributed by atoms with Crippen molar-refractivity contribution in [3.8, 4) is 5.75 Å². The summed E-state index contributed by atoms with van der Waals surface area (Å²) < 4.78 is 5.54. The van der Waals surface area contributed by atoms with Gasteiger partial charge in [0.15, 0.2) is 0 Å². The largest absolute Gasteiger partial charge is 0.492 e. The molecule has 1 aliphatic heterocycles. The molecule has 1 aromatic carbocycles. The van der Waals surface area contributed by atoms with Crippen LogP contribution in [-0.2, 0) is 0 Å². The lowest BCUT2D eigenvalue weighted by molar-refractivity contribution is 0.167. The van der Waals surface area contributed by atoms with Crippen LogP contribution >= 0.6 is 11.6 Å². The van der Waals surface area contributed by atoms with Crippen molar-refractivity contribution in [2.75, 3.05) is 6.61 Å². The second kappa shape index (κ2) is 3.79. The van der Waals surface area contributed by atoms with Gasteiger partial charge in [-0.3, -0.25) is 0 Å². The Morgan fingerprint density at radius 2 is 2.29 bits per heavy atom. The van der Waals surface area contributed by atoms with Gasteiger partial charge in [0.1, 0.15) is 5.75 Å². The molecule has 0 saturated carbocycles. The van der Waals surface area contributed by atoms with Gasteiger partial charge in [0, 0.05) is 5.56 Å². The van der Waals surface area contributed by atoms with Gasteiger partial charge in [0.2, 0.25) is 0 Å². The highest BCUT2D eigenvalue weighted by atomic mass is 35.5. The highest BCUT2D eigenvalue weighted by molar-refractivity contribution is 6.32. The molecule has 76 valence electrons. The SMILES string of the molecule is Cc1ccc(Cl)c2c1[C@@H](O)CCCO2. The van der Waals surface area contributed by atoms with Crippen LogP contribution in [0.1, 0.15) is 30.1 Å². The monoisotopic (exact) mass is 212 g/mol. The van der Waals surface area contributed by atoms with Gasteiger partial charge >= 0.3 is 0 Å². The molecule has 0 fully saturated rings. The topological polar surface area (TPSA) is 29.5 Å². The maximum absolute atomic E-state index is 9.91. The Morgan fingerprint density at radius 3 is 3.07 bits per heavy atom. The van der Waals surface area contributed by atoms with Crippen LogP contribution in [0.15, 0.2) is 12.1 Å². The number of aliphatic hydroxyl groups excluding tert-OH is 1. The number of rotatable bonds is 0. The minimum absolute atomic E-state index is 0.439. The lowest BCUT2D eigenvalue weighted by atomic mass is 10.00. The first-order valence-corrected chi connectivity index (χ1v) is 5.18. The summed E-state index contributed by atoms with van der Waals surface area (Å²) in [6.45, 7) is 2.60. The van der Waals surface area contributed by atoms with Gasteiger partial charge in [0.25, 0.3) is 0 Å². The van der Waals surface area contributed by atoms with E-state index >= 15 is 0 Å². The van der Waals surface area contributed by atoms with E-state index < -0.39 is 6.10 Å². The standard InChI is InChI=1S/C11H13ClO2/c1-7-4-5-8(12)11-10(7)9(13)3-2-6-14-11/h4-5,9,13H,2-3,6H2,1H3/t9-/m0/s1. The molecule has 2 nitrogen and oxygen atoms in total. The molecule has 0 bridgehead atoms. The molecule has 1 heterocycles. The van der Waals surface area contributed by atoms with E-state index in [1.807, 2.05) is 19.1 Å². The third-order valence-electron chi connectivity index (χ3n) is 2.57. The normalized spacial score (nSPS) is 20.9. The molecular formula is C11H13ClO2. The molecule has 1 N–H and O–H groups in total. The molecule has 14 heavy (non-hydrogen) atoms. The quantitative estimate of drug-likeness (QED) is 0.717. The van der Waals surface area contributed by atoms with Crippen LogP contribution in [0.4, 0.5) is 0 Å². The number of hydrogen-bond acceptors (Lipinski definition) is 2. The summed E-state index contributed by atoms with van der Waals surface area (Å²) in [5.74, 6) is 0.664. The van der Waals surface area contributed by atoms with E-state index in [0.717, 1.165) is 24.0 Å². The van der Waals surface area contributed by atoms with E-state index in [2.05, 4.69) is 0 Å². The Bertz CT molecular complexity index is 349. The molecule has 0 aliphatic carbocycles. The van der Waals surface area contributed by atoms with Gasteiger partial charge in [-0.1, -0.05) is 17.7 Å². The Morgan fingerprint density at radius 1 is 1.50 bits per heavy atom. The van der Waals surface area contributed by atoms with Crippen LogP contribution < -0.4 is 4.74 Å². The number of hydrogen-bond donors (Lipinski definition) is 1. The number of aliphatic hydroxyl groups is 1. The zero-order valence-electron chi connectivity index (χ0n) is 8.09. The predicted octanol–water partition coefficient (Wildman–Crippen LogP) is 2.85. The molecule has 0 saturated heterocycles. The summed E-state index contributed by atoms with van der Waals surface area (Å²) in [6, 6.07) is 3.73. The van der Waals surface area contributed by atoms with Gasteiger partial charge in [-0.2, -0.15) is 0 Å². The Labute approximate surface area is 88.5 Å². The first-order valence-electron chi connectivity index (χ1n) is 4.80. The first-order chi connectivity index (χ1) is 6.70. The second-order valence-corrected chi connectivity index (χ2v) is 4.02. The lowest BCUT2D eigenvalue weighted by Gasteiger charge is -2.14. The third-order valence-corrected chi connectivity index (χ3v) is 2.87. The van der Waals surface area contributed by atoms with E-state index in [1.54, 1.807) is 0 Å². The average Bonchev–Trinajstić information content (AvgIpc) is 2.35. The maximum Gasteiger partial charge on any atom is 0.143 e. The number of ether oxygens (including phenoxy) is 1. The van der Waals surface area contributed by atoms with Gasteiger partial charge in [-0.25, -0.2) is 0 Å². The Hall–Kier alpha value is -0.730. The summed E-state index contributed by atoms with van der Waals surface area (Å²) in [4.78, 5) is 0. The lowest BCUT2D eigenvalue weighted by Crippen LogP contribution is -2.00. The highest BCUT2D eigenvalue weighted by Crippen LogP contribution is 2.38. The summed E-state index contributed by atoms with van der Waals surface area (Å²) in [6.07, 6.45) is 1.17. The van der Waals surface area contributed by atoms with Crippen molar-refractivity contribution in [1.29, 1.82) is 0 Å². The molecule has 0 radical (unpaired) electrons. The van der Waals surface area contributed by atoms with Crippen molar-refractivity contribution in [2.24, 2.45) is 0 Å². The summed E-state index contributed by atoms with van der Waals surface area (Å²) in [5.41, 5.74) is 1.90. The van der Waals surface area contributed by atoms with Crippen molar-refractivity contribution < 1.29 is 9.84 Å². The maximum atomic E-state index is 9.91. The minimum atomic E-state index is -0.439. The number of aryl methyl sites for hydroxylation is 1. The van der Waals surface area contributed by atoms with E-state index in [0.29, 0.717) is 17.4 Å².